The normalized spacial score (nSPS) is 10.6. The fourth-order valence-electron chi connectivity index (χ4n) is 1.87. The van der Waals surface area contributed by atoms with E-state index in [9.17, 15) is 4.79 Å². The lowest BCUT2D eigenvalue weighted by molar-refractivity contribution is 0.108. The minimum Gasteiger partial charge on any atom is -0.360 e. The van der Waals surface area contributed by atoms with Crippen molar-refractivity contribution in [1.29, 1.82) is 0 Å². The Labute approximate surface area is 104 Å². The molecule has 0 aliphatic rings. The van der Waals surface area contributed by atoms with Crippen LogP contribution in [0, 0.1) is 20.8 Å². The number of hydrogen-bond acceptors (Lipinski definition) is 3. The van der Waals surface area contributed by atoms with Gasteiger partial charge in [0.2, 0.25) is 0 Å². The summed E-state index contributed by atoms with van der Waals surface area (Å²) in [7, 11) is 0. The Morgan fingerprint density at radius 2 is 2.00 bits per heavy atom. The molecule has 0 aliphatic carbocycles. The van der Waals surface area contributed by atoms with E-state index in [4.69, 9.17) is 16.1 Å². The van der Waals surface area contributed by atoms with E-state index in [-0.39, 0.29) is 0 Å². The summed E-state index contributed by atoms with van der Waals surface area (Å²) >= 11 is 5.55. The Morgan fingerprint density at radius 1 is 1.29 bits per heavy atom. The topological polar surface area (TPSA) is 43.1 Å². The van der Waals surface area contributed by atoms with Crippen molar-refractivity contribution < 1.29 is 9.32 Å². The third-order valence-corrected chi connectivity index (χ3v) is 2.89. The molecule has 3 nitrogen and oxygen atoms in total. The van der Waals surface area contributed by atoms with Crippen LogP contribution in [0.3, 0.4) is 0 Å². The maximum atomic E-state index is 11.4. The van der Waals surface area contributed by atoms with Gasteiger partial charge >= 0.3 is 0 Å². The van der Waals surface area contributed by atoms with Crippen LogP contribution >= 0.6 is 11.6 Å². The first-order chi connectivity index (χ1) is 8.00. The molecule has 0 radical (unpaired) electrons. The zero-order chi connectivity index (χ0) is 12.6. The molecule has 0 saturated carbocycles. The Morgan fingerprint density at radius 3 is 2.59 bits per heavy atom. The summed E-state index contributed by atoms with van der Waals surface area (Å²) < 4.78 is 5.04. The van der Waals surface area contributed by atoms with Crippen LogP contribution < -0.4 is 0 Å². The molecule has 0 spiro atoms. The molecule has 1 aromatic carbocycles. The van der Waals surface area contributed by atoms with Crippen molar-refractivity contribution in [3.8, 4) is 11.3 Å². The molecule has 17 heavy (non-hydrogen) atoms. The molecule has 0 aliphatic heterocycles. The lowest BCUT2D eigenvalue weighted by Crippen LogP contribution is -1.94. The van der Waals surface area contributed by atoms with Crippen LogP contribution in [0.15, 0.2) is 22.7 Å². The highest BCUT2D eigenvalue weighted by Gasteiger charge is 2.20. The Hall–Kier alpha value is -1.61. The van der Waals surface area contributed by atoms with Gasteiger partial charge in [0.25, 0.3) is 5.24 Å². The average molecular weight is 250 g/mol. The van der Waals surface area contributed by atoms with Gasteiger partial charge < -0.3 is 4.52 Å². The van der Waals surface area contributed by atoms with E-state index in [0.717, 1.165) is 16.7 Å². The molecule has 4 heteroatoms. The molecule has 88 valence electrons. The van der Waals surface area contributed by atoms with Gasteiger partial charge in [-0.25, -0.2) is 0 Å². The number of halogens is 1. The van der Waals surface area contributed by atoms with Crippen LogP contribution in [0.25, 0.3) is 11.3 Å². The first kappa shape index (κ1) is 11.9. The van der Waals surface area contributed by atoms with Gasteiger partial charge in [0.15, 0.2) is 0 Å². The summed E-state index contributed by atoms with van der Waals surface area (Å²) in [6.45, 7) is 5.66. The number of benzene rings is 1. The lowest BCUT2D eigenvalue weighted by atomic mass is 10.0. The molecule has 2 rings (SSSR count). The minimum atomic E-state index is -0.543. The van der Waals surface area contributed by atoms with E-state index >= 15 is 0 Å². The number of carbonyl (C=O) groups excluding carboxylic acids is 1. The smallest absolute Gasteiger partial charge is 0.258 e. The van der Waals surface area contributed by atoms with E-state index in [2.05, 4.69) is 5.16 Å². The van der Waals surface area contributed by atoms with Gasteiger partial charge in [-0.3, -0.25) is 4.79 Å². The van der Waals surface area contributed by atoms with Gasteiger partial charge in [0.05, 0.1) is 0 Å². The molecule has 0 unspecified atom stereocenters. The predicted octanol–water partition coefficient (Wildman–Crippen LogP) is 3.65. The fraction of sp³-hybridized carbons (Fsp3) is 0.231. The van der Waals surface area contributed by atoms with Crippen LogP contribution in [0.5, 0.6) is 0 Å². The first-order valence-electron chi connectivity index (χ1n) is 5.24. The first-order valence-corrected chi connectivity index (χ1v) is 5.62. The molecule has 2 aromatic rings. The molecule has 0 bridgehead atoms. The summed E-state index contributed by atoms with van der Waals surface area (Å²) in [5.74, 6) is 0.444. The summed E-state index contributed by atoms with van der Waals surface area (Å²) in [5.41, 5.74) is 3.93. The molecule has 0 fully saturated rings. The number of rotatable bonds is 2. The summed E-state index contributed by atoms with van der Waals surface area (Å²) in [6.07, 6.45) is 0. The monoisotopic (exact) mass is 249 g/mol. The van der Waals surface area contributed by atoms with Gasteiger partial charge in [-0.1, -0.05) is 28.9 Å². The molecule has 1 heterocycles. The van der Waals surface area contributed by atoms with Crippen molar-refractivity contribution in [2.24, 2.45) is 0 Å². The van der Waals surface area contributed by atoms with Crippen LogP contribution in [-0.2, 0) is 0 Å². The van der Waals surface area contributed by atoms with Crippen molar-refractivity contribution in [2.45, 2.75) is 20.8 Å². The van der Waals surface area contributed by atoms with E-state index in [1.165, 1.54) is 0 Å². The van der Waals surface area contributed by atoms with Crippen LogP contribution in [0.1, 0.15) is 27.2 Å². The second-order valence-corrected chi connectivity index (χ2v) is 4.40. The fourth-order valence-corrected chi connectivity index (χ4v) is 2.09. The van der Waals surface area contributed by atoms with E-state index < -0.39 is 5.24 Å². The molecular weight excluding hydrogens is 238 g/mol. The Bertz CT molecular complexity index is 587. The number of carbonyl (C=O) groups is 1. The Balaban J connectivity index is 2.65. The van der Waals surface area contributed by atoms with Crippen molar-refractivity contribution in [2.75, 3.05) is 0 Å². The van der Waals surface area contributed by atoms with Crippen molar-refractivity contribution in [3.05, 3.63) is 40.6 Å². The van der Waals surface area contributed by atoms with Gasteiger partial charge in [0.1, 0.15) is 17.0 Å². The largest absolute Gasteiger partial charge is 0.360 e. The van der Waals surface area contributed by atoms with Gasteiger partial charge in [-0.15, -0.1) is 0 Å². The summed E-state index contributed by atoms with van der Waals surface area (Å²) in [5, 5.41) is 3.37. The predicted molar refractivity (Wildman–Crippen MR) is 66.3 cm³/mol. The SMILES string of the molecule is Cc1ccc(-c2noc(C)c2C(=O)Cl)c(C)c1. The number of aryl methyl sites for hydroxylation is 3. The Kier molecular flexibility index (Phi) is 3.03. The standard InChI is InChI=1S/C13H12ClNO2/c1-7-4-5-10(8(2)6-7)12-11(13(14)16)9(3)17-15-12/h4-6H,1-3H3. The number of nitrogens with zero attached hydrogens (tertiary/aromatic N) is 1. The third kappa shape index (κ3) is 2.11. The number of aromatic nitrogens is 1. The molecule has 0 atom stereocenters. The molecular formula is C13H12ClNO2. The van der Waals surface area contributed by atoms with Crippen LogP contribution in [0.4, 0.5) is 0 Å². The van der Waals surface area contributed by atoms with Crippen LogP contribution in [-0.4, -0.2) is 10.4 Å². The maximum absolute atomic E-state index is 11.4. The van der Waals surface area contributed by atoms with Crippen LogP contribution in [0.2, 0.25) is 0 Å². The van der Waals surface area contributed by atoms with Gasteiger partial charge in [-0.05, 0) is 37.9 Å². The minimum absolute atomic E-state index is 0.346. The zero-order valence-corrected chi connectivity index (χ0v) is 10.6. The lowest BCUT2D eigenvalue weighted by Gasteiger charge is -2.04. The second-order valence-electron chi connectivity index (χ2n) is 4.05. The zero-order valence-electron chi connectivity index (χ0n) is 9.87. The highest BCUT2D eigenvalue weighted by atomic mass is 35.5. The highest BCUT2D eigenvalue weighted by Crippen LogP contribution is 2.29. The quantitative estimate of drug-likeness (QED) is 0.763. The van der Waals surface area contributed by atoms with Crippen molar-refractivity contribution >= 4 is 16.8 Å². The van der Waals surface area contributed by atoms with Crippen molar-refractivity contribution in [1.82, 2.24) is 5.16 Å². The third-order valence-electron chi connectivity index (χ3n) is 2.70. The molecule has 0 saturated heterocycles. The average Bonchev–Trinajstić information content (AvgIpc) is 2.60. The summed E-state index contributed by atoms with van der Waals surface area (Å²) in [6, 6.07) is 5.92. The highest BCUT2D eigenvalue weighted by molar-refractivity contribution is 6.68. The van der Waals surface area contributed by atoms with E-state index in [1.807, 2.05) is 32.0 Å². The molecule has 0 N–H and O–H groups in total. The van der Waals surface area contributed by atoms with Gasteiger partial charge in [-0.2, -0.15) is 0 Å². The van der Waals surface area contributed by atoms with E-state index in [1.54, 1.807) is 6.92 Å². The maximum Gasteiger partial charge on any atom is 0.258 e. The molecule has 0 amide bonds. The van der Waals surface area contributed by atoms with E-state index in [0.29, 0.717) is 17.0 Å². The summed E-state index contributed by atoms with van der Waals surface area (Å²) in [4.78, 5) is 11.4. The number of hydrogen-bond donors (Lipinski definition) is 0. The molecule has 1 aromatic heterocycles. The second kappa shape index (κ2) is 4.34. The van der Waals surface area contributed by atoms with Crippen molar-refractivity contribution in [3.63, 3.8) is 0 Å². The van der Waals surface area contributed by atoms with Gasteiger partial charge in [0, 0.05) is 5.56 Å².